The van der Waals surface area contributed by atoms with Crippen LogP contribution in [0.15, 0.2) is 36.5 Å². The molecule has 0 amide bonds. The average Bonchev–Trinajstić information content (AvgIpc) is 3.06. The highest BCUT2D eigenvalue weighted by molar-refractivity contribution is 5.70. The number of aliphatic hydroxyl groups excluding tert-OH is 1. The van der Waals surface area contributed by atoms with Gasteiger partial charge in [0.2, 0.25) is 0 Å². The monoisotopic (exact) mass is 647 g/mol. The minimum Gasteiger partial charge on any atom is -0.462 e. The standard InChI is InChI=1S/C41H74O5/c1-3-5-7-9-11-13-15-17-19-20-22-23-25-27-29-31-33-35-40(43)45-38-39(37-42)46-41(44)36-34-32-30-28-26-24-21-18-16-14-12-10-8-6-4-2/h11,13-14,16-17,19,39,42H,3-10,12,15,18,20-38H2,1-2H3/b13-11-,16-14-,19-17-/t39-/m0/s1. The summed E-state index contributed by atoms with van der Waals surface area (Å²) in [6.45, 7) is 4.09. The molecule has 0 aliphatic heterocycles. The van der Waals surface area contributed by atoms with Crippen LogP contribution in [0.3, 0.4) is 0 Å². The molecule has 0 aliphatic rings. The van der Waals surface area contributed by atoms with Crippen molar-refractivity contribution in [1.82, 2.24) is 0 Å². The molecule has 0 bridgehead atoms. The maximum Gasteiger partial charge on any atom is 0.306 e. The second-order valence-corrected chi connectivity index (χ2v) is 13.0. The SMILES string of the molecule is CCCCC/C=C\C/C=C\CCCCCCCCCC(=O)OC[C@H](CO)OC(=O)CCCCCCCCC/C=C\CCCCCC. The molecule has 0 aromatic carbocycles. The molecule has 0 fully saturated rings. The molecule has 0 rings (SSSR count). The normalized spacial score (nSPS) is 12.5. The molecular formula is C41H74O5. The van der Waals surface area contributed by atoms with Crippen LogP contribution in [0, 0.1) is 0 Å². The van der Waals surface area contributed by atoms with Gasteiger partial charge in [-0.1, -0.05) is 147 Å². The van der Waals surface area contributed by atoms with Crippen LogP contribution in [0.25, 0.3) is 0 Å². The Hall–Kier alpha value is -1.88. The number of hydrogen-bond donors (Lipinski definition) is 1. The highest BCUT2D eigenvalue weighted by atomic mass is 16.6. The van der Waals surface area contributed by atoms with E-state index in [0.29, 0.717) is 12.8 Å². The number of aliphatic hydroxyl groups is 1. The van der Waals surface area contributed by atoms with Crippen LogP contribution >= 0.6 is 0 Å². The molecule has 0 aromatic rings. The lowest BCUT2D eigenvalue weighted by Crippen LogP contribution is -2.28. The van der Waals surface area contributed by atoms with E-state index in [-0.39, 0.29) is 25.2 Å². The number of carbonyl (C=O) groups is 2. The van der Waals surface area contributed by atoms with Crippen molar-refractivity contribution in [1.29, 1.82) is 0 Å². The molecule has 0 aliphatic carbocycles. The lowest BCUT2D eigenvalue weighted by molar-refractivity contribution is -0.161. The van der Waals surface area contributed by atoms with E-state index < -0.39 is 6.10 Å². The van der Waals surface area contributed by atoms with Gasteiger partial charge in [0, 0.05) is 12.8 Å². The zero-order valence-electron chi connectivity index (χ0n) is 30.3. The minimum absolute atomic E-state index is 0.0706. The predicted octanol–water partition coefficient (Wildman–Crippen LogP) is 12.1. The van der Waals surface area contributed by atoms with Crippen molar-refractivity contribution in [2.75, 3.05) is 13.2 Å². The van der Waals surface area contributed by atoms with Crippen molar-refractivity contribution >= 4 is 11.9 Å². The van der Waals surface area contributed by atoms with Gasteiger partial charge in [-0.2, -0.15) is 0 Å². The molecule has 5 heteroatoms. The molecule has 0 spiro atoms. The van der Waals surface area contributed by atoms with Crippen LogP contribution in [0.1, 0.15) is 194 Å². The van der Waals surface area contributed by atoms with Crippen molar-refractivity contribution in [3.63, 3.8) is 0 Å². The van der Waals surface area contributed by atoms with E-state index in [2.05, 4.69) is 50.3 Å². The van der Waals surface area contributed by atoms with Crippen LogP contribution < -0.4 is 0 Å². The van der Waals surface area contributed by atoms with E-state index in [1.54, 1.807) is 0 Å². The molecule has 0 unspecified atom stereocenters. The van der Waals surface area contributed by atoms with Gasteiger partial charge in [-0.3, -0.25) is 9.59 Å². The summed E-state index contributed by atoms with van der Waals surface area (Å²) in [5.74, 6) is -0.603. The summed E-state index contributed by atoms with van der Waals surface area (Å²) < 4.78 is 10.6. The van der Waals surface area contributed by atoms with Gasteiger partial charge in [-0.25, -0.2) is 0 Å². The third-order valence-electron chi connectivity index (χ3n) is 8.41. The Morgan fingerprint density at radius 1 is 0.500 bits per heavy atom. The Bertz CT molecular complexity index is 741. The summed E-state index contributed by atoms with van der Waals surface area (Å²) >= 11 is 0. The number of carbonyl (C=O) groups excluding carboxylic acids is 2. The van der Waals surface area contributed by atoms with Crippen LogP contribution in [-0.2, 0) is 19.1 Å². The first-order chi connectivity index (χ1) is 22.6. The van der Waals surface area contributed by atoms with Gasteiger partial charge in [-0.05, 0) is 70.6 Å². The lowest BCUT2D eigenvalue weighted by Gasteiger charge is -2.15. The first-order valence-corrected chi connectivity index (χ1v) is 19.5. The summed E-state index contributed by atoms with van der Waals surface area (Å²) in [5, 5.41) is 9.54. The third kappa shape index (κ3) is 35.0. The summed E-state index contributed by atoms with van der Waals surface area (Å²) in [6, 6.07) is 0. The summed E-state index contributed by atoms with van der Waals surface area (Å²) in [5.41, 5.74) is 0. The van der Waals surface area contributed by atoms with E-state index in [4.69, 9.17) is 9.47 Å². The third-order valence-corrected chi connectivity index (χ3v) is 8.41. The molecule has 0 aromatic heterocycles. The number of ether oxygens (including phenoxy) is 2. The average molecular weight is 647 g/mol. The fourth-order valence-electron chi connectivity index (χ4n) is 5.40. The Balaban J connectivity index is 3.57. The molecule has 1 atom stereocenters. The van der Waals surface area contributed by atoms with Crippen LogP contribution in [0.5, 0.6) is 0 Å². The highest BCUT2D eigenvalue weighted by Crippen LogP contribution is 2.13. The topological polar surface area (TPSA) is 72.8 Å². The first-order valence-electron chi connectivity index (χ1n) is 19.5. The Morgan fingerprint density at radius 3 is 1.35 bits per heavy atom. The molecule has 0 radical (unpaired) electrons. The maximum absolute atomic E-state index is 12.2. The van der Waals surface area contributed by atoms with E-state index in [1.807, 2.05) is 0 Å². The van der Waals surface area contributed by atoms with Crippen molar-refractivity contribution in [2.45, 2.75) is 200 Å². The zero-order chi connectivity index (χ0) is 33.6. The fourth-order valence-corrected chi connectivity index (χ4v) is 5.40. The van der Waals surface area contributed by atoms with Gasteiger partial charge in [0.15, 0.2) is 6.10 Å². The molecule has 0 saturated carbocycles. The summed E-state index contributed by atoms with van der Waals surface area (Å²) in [7, 11) is 0. The number of rotatable bonds is 35. The van der Waals surface area contributed by atoms with Gasteiger partial charge in [0.25, 0.3) is 0 Å². The summed E-state index contributed by atoms with van der Waals surface area (Å²) in [6.07, 6.45) is 44.8. The van der Waals surface area contributed by atoms with E-state index >= 15 is 0 Å². The fraction of sp³-hybridized carbons (Fsp3) is 0.805. The van der Waals surface area contributed by atoms with Gasteiger partial charge >= 0.3 is 11.9 Å². The van der Waals surface area contributed by atoms with Crippen LogP contribution in [0.4, 0.5) is 0 Å². The zero-order valence-corrected chi connectivity index (χ0v) is 30.3. The van der Waals surface area contributed by atoms with E-state index in [9.17, 15) is 14.7 Å². The predicted molar refractivity (Wildman–Crippen MR) is 196 cm³/mol. The Labute approximate surface area is 285 Å². The largest absolute Gasteiger partial charge is 0.462 e. The van der Waals surface area contributed by atoms with Gasteiger partial charge < -0.3 is 14.6 Å². The van der Waals surface area contributed by atoms with Crippen molar-refractivity contribution in [2.24, 2.45) is 0 Å². The molecule has 5 nitrogen and oxygen atoms in total. The Morgan fingerprint density at radius 2 is 0.870 bits per heavy atom. The van der Waals surface area contributed by atoms with Crippen molar-refractivity contribution < 1.29 is 24.2 Å². The van der Waals surface area contributed by atoms with Crippen LogP contribution in [0.2, 0.25) is 0 Å². The first kappa shape index (κ1) is 44.1. The molecule has 0 heterocycles. The number of hydrogen-bond acceptors (Lipinski definition) is 5. The van der Waals surface area contributed by atoms with Crippen molar-refractivity contribution in [3.8, 4) is 0 Å². The number of allylic oxidation sites excluding steroid dienone is 6. The maximum atomic E-state index is 12.2. The molecule has 268 valence electrons. The van der Waals surface area contributed by atoms with Gasteiger partial charge in [-0.15, -0.1) is 0 Å². The smallest absolute Gasteiger partial charge is 0.306 e. The second-order valence-electron chi connectivity index (χ2n) is 13.0. The Kier molecular flexibility index (Phi) is 36.0. The highest BCUT2D eigenvalue weighted by Gasteiger charge is 2.16. The number of esters is 2. The quantitative estimate of drug-likeness (QED) is 0.0421. The second kappa shape index (κ2) is 37.6. The molecule has 1 N–H and O–H groups in total. The molecule has 46 heavy (non-hydrogen) atoms. The number of unbranched alkanes of at least 4 members (excludes halogenated alkanes) is 21. The minimum atomic E-state index is -0.774. The van der Waals surface area contributed by atoms with Crippen molar-refractivity contribution in [3.05, 3.63) is 36.5 Å². The van der Waals surface area contributed by atoms with Gasteiger partial charge in [0.1, 0.15) is 6.61 Å². The summed E-state index contributed by atoms with van der Waals surface area (Å²) in [4.78, 5) is 24.2. The van der Waals surface area contributed by atoms with E-state index in [0.717, 1.165) is 51.4 Å². The lowest BCUT2D eigenvalue weighted by atomic mass is 10.1. The van der Waals surface area contributed by atoms with Crippen LogP contribution in [-0.4, -0.2) is 36.4 Å². The molecular weight excluding hydrogens is 572 g/mol. The van der Waals surface area contributed by atoms with Gasteiger partial charge in [0.05, 0.1) is 6.61 Å². The molecule has 0 saturated heterocycles. The van der Waals surface area contributed by atoms with E-state index in [1.165, 1.54) is 116 Å².